The van der Waals surface area contributed by atoms with Crippen molar-refractivity contribution in [3.63, 3.8) is 0 Å². The molecule has 0 amide bonds. The predicted molar refractivity (Wildman–Crippen MR) is 91.1 cm³/mol. The van der Waals surface area contributed by atoms with Gasteiger partial charge in [-0.3, -0.25) is 0 Å². The molecule has 0 bridgehead atoms. The van der Waals surface area contributed by atoms with Gasteiger partial charge in [0.1, 0.15) is 5.15 Å². The normalized spacial score (nSPS) is 13.8. The smallest absolute Gasteiger partial charge is 0.132 e. The Bertz CT molecular complexity index is 562. The van der Waals surface area contributed by atoms with Crippen LogP contribution in [0.1, 0.15) is 37.0 Å². The predicted octanol–water partition coefficient (Wildman–Crippen LogP) is 3.77. The van der Waals surface area contributed by atoms with Crippen LogP contribution in [-0.2, 0) is 6.42 Å². The van der Waals surface area contributed by atoms with E-state index in [1.807, 2.05) is 42.5 Å². The molecule has 0 aliphatic heterocycles. The first-order valence-electron chi connectivity index (χ1n) is 7.72. The Morgan fingerprint density at radius 1 is 1.14 bits per heavy atom. The standard InChI is InChI=1S/C18H23ClN2O/c1-14(9-10-16-8-5-12-21-18(16)19)20-13-11-17(22)15-6-3-2-4-7-15/h2-8,12,14,17,20,22H,9-11,13H2,1H3. The lowest BCUT2D eigenvalue weighted by atomic mass is 10.1. The minimum atomic E-state index is -0.409. The van der Waals surface area contributed by atoms with E-state index < -0.39 is 6.10 Å². The highest BCUT2D eigenvalue weighted by Crippen LogP contribution is 2.16. The van der Waals surface area contributed by atoms with Gasteiger partial charge < -0.3 is 10.4 Å². The van der Waals surface area contributed by atoms with Gasteiger partial charge in [0.15, 0.2) is 0 Å². The van der Waals surface area contributed by atoms with Crippen molar-refractivity contribution in [1.82, 2.24) is 10.3 Å². The number of aliphatic hydroxyl groups is 1. The minimum absolute atomic E-state index is 0.374. The van der Waals surface area contributed by atoms with Crippen molar-refractivity contribution in [3.05, 3.63) is 64.9 Å². The third-order valence-corrected chi connectivity index (χ3v) is 4.12. The Morgan fingerprint density at radius 3 is 2.64 bits per heavy atom. The van der Waals surface area contributed by atoms with Gasteiger partial charge >= 0.3 is 0 Å². The van der Waals surface area contributed by atoms with Gasteiger partial charge in [-0.15, -0.1) is 0 Å². The molecule has 2 aromatic rings. The Labute approximate surface area is 137 Å². The third-order valence-electron chi connectivity index (χ3n) is 3.78. The molecule has 2 N–H and O–H groups in total. The highest BCUT2D eigenvalue weighted by Gasteiger charge is 2.08. The second-order valence-corrected chi connectivity index (χ2v) is 5.92. The van der Waals surface area contributed by atoms with Crippen LogP contribution >= 0.6 is 11.6 Å². The van der Waals surface area contributed by atoms with Crippen molar-refractivity contribution in [2.45, 2.75) is 38.3 Å². The number of benzene rings is 1. The fraction of sp³-hybridized carbons (Fsp3) is 0.389. The molecule has 2 rings (SSSR count). The van der Waals surface area contributed by atoms with Crippen molar-refractivity contribution in [1.29, 1.82) is 0 Å². The van der Waals surface area contributed by atoms with E-state index in [9.17, 15) is 5.11 Å². The second kappa shape index (κ2) is 8.89. The van der Waals surface area contributed by atoms with Gasteiger partial charge in [0, 0.05) is 12.2 Å². The van der Waals surface area contributed by atoms with E-state index in [1.54, 1.807) is 6.20 Å². The third kappa shape index (κ3) is 5.41. The fourth-order valence-corrected chi connectivity index (χ4v) is 2.60. The summed E-state index contributed by atoms with van der Waals surface area (Å²) in [6, 6.07) is 14.1. The molecule has 1 heterocycles. The summed E-state index contributed by atoms with van der Waals surface area (Å²) < 4.78 is 0. The molecular formula is C18H23ClN2O. The van der Waals surface area contributed by atoms with E-state index >= 15 is 0 Å². The van der Waals surface area contributed by atoms with Gasteiger partial charge in [0.2, 0.25) is 0 Å². The van der Waals surface area contributed by atoms with Gasteiger partial charge in [0.25, 0.3) is 0 Å². The van der Waals surface area contributed by atoms with E-state index in [-0.39, 0.29) is 0 Å². The molecule has 2 atom stereocenters. The van der Waals surface area contributed by atoms with Crippen molar-refractivity contribution >= 4 is 11.6 Å². The molecule has 3 nitrogen and oxygen atoms in total. The fourth-order valence-electron chi connectivity index (χ4n) is 2.39. The molecule has 118 valence electrons. The van der Waals surface area contributed by atoms with E-state index in [4.69, 9.17) is 11.6 Å². The largest absolute Gasteiger partial charge is 0.388 e. The highest BCUT2D eigenvalue weighted by molar-refractivity contribution is 6.30. The Morgan fingerprint density at radius 2 is 1.91 bits per heavy atom. The van der Waals surface area contributed by atoms with Crippen LogP contribution in [-0.4, -0.2) is 22.7 Å². The molecule has 0 fully saturated rings. The molecule has 4 heteroatoms. The van der Waals surface area contributed by atoms with Crippen LogP contribution in [0, 0.1) is 0 Å². The van der Waals surface area contributed by atoms with Crippen LogP contribution in [0.4, 0.5) is 0 Å². The van der Waals surface area contributed by atoms with Crippen molar-refractivity contribution in [3.8, 4) is 0 Å². The topological polar surface area (TPSA) is 45.2 Å². The van der Waals surface area contributed by atoms with Crippen molar-refractivity contribution in [2.75, 3.05) is 6.54 Å². The van der Waals surface area contributed by atoms with Gasteiger partial charge in [-0.05, 0) is 49.9 Å². The molecule has 1 aromatic carbocycles. The van der Waals surface area contributed by atoms with Crippen LogP contribution in [0.2, 0.25) is 5.15 Å². The van der Waals surface area contributed by atoms with Crippen LogP contribution in [0.3, 0.4) is 0 Å². The molecular weight excluding hydrogens is 296 g/mol. The zero-order valence-corrected chi connectivity index (χ0v) is 13.6. The van der Waals surface area contributed by atoms with E-state index in [2.05, 4.69) is 17.2 Å². The number of nitrogens with one attached hydrogen (secondary N) is 1. The summed E-state index contributed by atoms with van der Waals surface area (Å²) >= 11 is 6.06. The van der Waals surface area contributed by atoms with Gasteiger partial charge in [-0.1, -0.05) is 48.0 Å². The number of nitrogens with zero attached hydrogens (tertiary/aromatic N) is 1. The summed E-state index contributed by atoms with van der Waals surface area (Å²) in [5, 5.41) is 14.2. The maximum atomic E-state index is 10.1. The molecule has 0 radical (unpaired) electrons. The average molecular weight is 319 g/mol. The maximum absolute atomic E-state index is 10.1. The number of hydrogen-bond acceptors (Lipinski definition) is 3. The van der Waals surface area contributed by atoms with Crippen molar-refractivity contribution < 1.29 is 5.11 Å². The number of aryl methyl sites for hydroxylation is 1. The first-order chi connectivity index (χ1) is 10.7. The Balaban J connectivity index is 1.68. The van der Waals surface area contributed by atoms with Gasteiger partial charge in [-0.2, -0.15) is 0 Å². The highest BCUT2D eigenvalue weighted by atomic mass is 35.5. The summed E-state index contributed by atoms with van der Waals surface area (Å²) in [6.07, 6.45) is 3.91. The molecule has 22 heavy (non-hydrogen) atoms. The lowest BCUT2D eigenvalue weighted by Gasteiger charge is -2.16. The molecule has 0 spiro atoms. The molecule has 0 saturated carbocycles. The average Bonchev–Trinajstić information content (AvgIpc) is 2.55. The van der Waals surface area contributed by atoms with Crippen LogP contribution < -0.4 is 5.32 Å². The SMILES string of the molecule is CC(CCc1cccnc1Cl)NCCC(O)c1ccccc1. The van der Waals surface area contributed by atoms with E-state index in [0.717, 1.165) is 30.5 Å². The number of halogens is 1. The molecule has 1 aromatic heterocycles. The lowest BCUT2D eigenvalue weighted by Crippen LogP contribution is -2.28. The van der Waals surface area contributed by atoms with Crippen molar-refractivity contribution in [2.24, 2.45) is 0 Å². The molecule has 0 aliphatic carbocycles. The minimum Gasteiger partial charge on any atom is -0.388 e. The Hall–Kier alpha value is -1.42. The van der Waals surface area contributed by atoms with Crippen LogP contribution in [0.5, 0.6) is 0 Å². The zero-order valence-electron chi connectivity index (χ0n) is 12.9. The molecule has 2 unspecified atom stereocenters. The number of pyridine rings is 1. The second-order valence-electron chi connectivity index (χ2n) is 5.56. The number of rotatable bonds is 8. The summed E-state index contributed by atoms with van der Waals surface area (Å²) in [6.45, 7) is 2.94. The Kier molecular flexibility index (Phi) is 6.84. The number of aromatic nitrogens is 1. The quantitative estimate of drug-likeness (QED) is 0.728. The van der Waals surface area contributed by atoms with Gasteiger partial charge in [0.05, 0.1) is 6.10 Å². The summed E-state index contributed by atoms with van der Waals surface area (Å²) in [5.74, 6) is 0. The zero-order chi connectivity index (χ0) is 15.8. The maximum Gasteiger partial charge on any atom is 0.132 e. The van der Waals surface area contributed by atoms with E-state index in [0.29, 0.717) is 17.6 Å². The van der Waals surface area contributed by atoms with Crippen LogP contribution in [0.25, 0.3) is 0 Å². The first-order valence-corrected chi connectivity index (χ1v) is 8.10. The van der Waals surface area contributed by atoms with Crippen LogP contribution in [0.15, 0.2) is 48.7 Å². The first kappa shape index (κ1) is 16.9. The lowest BCUT2D eigenvalue weighted by molar-refractivity contribution is 0.165. The summed E-state index contributed by atoms with van der Waals surface area (Å²) in [5.41, 5.74) is 2.06. The number of aliphatic hydroxyl groups excluding tert-OH is 1. The van der Waals surface area contributed by atoms with E-state index in [1.165, 1.54) is 0 Å². The molecule has 0 saturated heterocycles. The molecule has 0 aliphatic rings. The monoisotopic (exact) mass is 318 g/mol. The van der Waals surface area contributed by atoms with Gasteiger partial charge in [-0.25, -0.2) is 4.98 Å². The summed E-state index contributed by atoms with van der Waals surface area (Å²) in [4.78, 5) is 4.09. The number of hydrogen-bond donors (Lipinski definition) is 2. The summed E-state index contributed by atoms with van der Waals surface area (Å²) in [7, 11) is 0.